The van der Waals surface area contributed by atoms with Gasteiger partial charge in [0, 0.05) is 28.7 Å². The highest BCUT2D eigenvalue weighted by Gasteiger charge is 2.32. The first-order valence-electron chi connectivity index (χ1n) is 8.56. The molecule has 1 heterocycles. The number of ether oxygens (including phenoxy) is 1. The van der Waals surface area contributed by atoms with Crippen LogP contribution in [0.15, 0.2) is 52.3 Å². The van der Waals surface area contributed by atoms with Crippen LogP contribution in [0.25, 0.3) is 0 Å². The monoisotopic (exact) mass is 340 g/mol. The van der Waals surface area contributed by atoms with Gasteiger partial charge in [-0.1, -0.05) is 30.7 Å². The van der Waals surface area contributed by atoms with Gasteiger partial charge in [0.05, 0.1) is 5.56 Å². The lowest BCUT2D eigenvalue weighted by atomic mass is 9.97. The van der Waals surface area contributed by atoms with Gasteiger partial charge in [-0.05, 0) is 43.9 Å². The van der Waals surface area contributed by atoms with Gasteiger partial charge in [0.25, 0.3) is 0 Å². The van der Waals surface area contributed by atoms with Gasteiger partial charge < -0.3 is 9.29 Å². The van der Waals surface area contributed by atoms with Gasteiger partial charge in [0.1, 0.15) is 6.10 Å². The molecule has 1 saturated carbocycles. The van der Waals surface area contributed by atoms with E-state index in [9.17, 15) is 9.35 Å². The molecule has 0 spiro atoms. The fourth-order valence-corrected chi connectivity index (χ4v) is 5.08. The summed E-state index contributed by atoms with van der Waals surface area (Å²) in [7, 11) is 0. The smallest absolute Gasteiger partial charge is 0.338 e. The maximum Gasteiger partial charge on any atom is 0.338 e. The van der Waals surface area contributed by atoms with Crippen molar-refractivity contribution in [3.05, 3.63) is 59.2 Å². The van der Waals surface area contributed by atoms with Crippen molar-refractivity contribution in [3.8, 4) is 0 Å². The number of benzene rings is 2. The zero-order valence-corrected chi connectivity index (χ0v) is 14.3. The van der Waals surface area contributed by atoms with Crippen molar-refractivity contribution >= 4 is 17.1 Å². The van der Waals surface area contributed by atoms with E-state index in [1.165, 1.54) is 6.42 Å². The molecule has 3 nitrogen and oxygen atoms in total. The number of carbonyl (C=O) groups is 1. The van der Waals surface area contributed by atoms with Gasteiger partial charge in [-0.25, -0.2) is 4.79 Å². The van der Waals surface area contributed by atoms with Gasteiger partial charge in [-0.2, -0.15) is 0 Å². The highest BCUT2D eigenvalue weighted by atomic mass is 32.2. The zero-order chi connectivity index (χ0) is 16.5. The Morgan fingerprint density at radius 3 is 2.58 bits per heavy atom. The Balaban J connectivity index is 1.65. The van der Waals surface area contributed by atoms with Crippen molar-refractivity contribution in [1.82, 2.24) is 0 Å². The van der Waals surface area contributed by atoms with Crippen LogP contribution in [-0.2, 0) is 22.3 Å². The lowest BCUT2D eigenvalue weighted by Gasteiger charge is -2.25. The van der Waals surface area contributed by atoms with E-state index in [2.05, 4.69) is 0 Å². The molecule has 124 valence electrons. The molecule has 0 saturated heterocycles. The molecule has 1 aliphatic heterocycles. The van der Waals surface area contributed by atoms with Crippen LogP contribution >= 0.6 is 0 Å². The van der Waals surface area contributed by atoms with Crippen molar-refractivity contribution in [2.75, 3.05) is 0 Å². The highest BCUT2D eigenvalue weighted by Crippen LogP contribution is 2.36. The molecule has 1 atom stereocenters. The fourth-order valence-electron chi connectivity index (χ4n) is 3.65. The molecule has 4 rings (SSSR count). The summed E-state index contributed by atoms with van der Waals surface area (Å²) < 4.78 is 18.6. The van der Waals surface area contributed by atoms with Gasteiger partial charge >= 0.3 is 5.97 Å². The average molecular weight is 340 g/mol. The lowest BCUT2D eigenvalue weighted by molar-refractivity contribution is 0.0209. The number of esters is 1. The second kappa shape index (κ2) is 6.61. The highest BCUT2D eigenvalue weighted by molar-refractivity contribution is 7.91. The van der Waals surface area contributed by atoms with E-state index in [0.717, 1.165) is 46.6 Å². The maximum absolute atomic E-state index is 12.8. The summed E-state index contributed by atoms with van der Waals surface area (Å²) >= 11 is -1.23. The number of rotatable bonds is 2. The molecule has 0 amide bonds. The summed E-state index contributed by atoms with van der Waals surface area (Å²) in [6.07, 6.45) is 6.05. The molecule has 24 heavy (non-hydrogen) atoms. The summed E-state index contributed by atoms with van der Waals surface area (Å²) in [6, 6.07) is 13.2. The van der Waals surface area contributed by atoms with E-state index in [4.69, 9.17) is 4.74 Å². The van der Waals surface area contributed by atoms with Crippen LogP contribution in [-0.4, -0.2) is 16.6 Å². The van der Waals surface area contributed by atoms with E-state index in [0.29, 0.717) is 12.0 Å². The average Bonchev–Trinajstić information content (AvgIpc) is 2.62. The molecule has 0 N–H and O–H groups in total. The topological polar surface area (TPSA) is 49.4 Å². The number of carbonyl (C=O) groups excluding carboxylic acids is 1. The summed E-state index contributed by atoms with van der Waals surface area (Å²) in [6.45, 7) is 0. The third-order valence-corrected chi connectivity index (χ3v) is 6.50. The first kappa shape index (κ1) is 15.7. The molecule has 0 aromatic heterocycles. The van der Waals surface area contributed by atoms with Crippen LogP contribution in [0.4, 0.5) is 0 Å². The summed E-state index contributed by atoms with van der Waals surface area (Å²) in [5.74, 6) is -0.268. The zero-order valence-electron chi connectivity index (χ0n) is 13.5. The summed E-state index contributed by atoms with van der Waals surface area (Å²) in [4.78, 5) is 14.3. The van der Waals surface area contributed by atoms with E-state index in [1.807, 2.05) is 36.4 Å². The van der Waals surface area contributed by atoms with E-state index in [-0.39, 0.29) is 12.1 Å². The predicted octanol–water partition coefficient (Wildman–Crippen LogP) is 4.25. The second-order valence-electron chi connectivity index (χ2n) is 6.50. The van der Waals surface area contributed by atoms with Gasteiger partial charge in [-0.15, -0.1) is 0 Å². The summed E-state index contributed by atoms with van der Waals surface area (Å²) in [5, 5.41) is 0. The molecule has 0 radical (unpaired) electrons. The van der Waals surface area contributed by atoms with Gasteiger partial charge in [0.2, 0.25) is 0 Å². The minimum Gasteiger partial charge on any atom is -0.606 e. The van der Waals surface area contributed by atoms with Crippen LogP contribution in [0.1, 0.15) is 53.6 Å². The molecule has 2 aromatic rings. The third-order valence-electron chi connectivity index (χ3n) is 4.92. The van der Waals surface area contributed by atoms with Crippen molar-refractivity contribution in [2.24, 2.45) is 0 Å². The molecule has 4 heteroatoms. The minimum atomic E-state index is -1.23. The number of fused-ring (bicyclic) bond motifs is 2. The summed E-state index contributed by atoms with van der Waals surface area (Å²) in [5.41, 5.74) is 2.46. The van der Waals surface area contributed by atoms with Crippen molar-refractivity contribution in [2.45, 2.75) is 54.4 Å². The molecule has 1 aliphatic carbocycles. The quantitative estimate of drug-likeness (QED) is 0.607. The van der Waals surface area contributed by atoms with E-state index in [1.54, 1.807) is 6.07 Å². The molecule has 2 aliphatic rings. The Morgan fingerprint density at radius 2 is 1.75 bits per heavy atom. The molecule has 2 aromatic carbocycles. The number of hydrogen-bond acceptors (Lipinski definition) is 3. The van der Waals surface area contributed by atoms with Crippen LogP contribution < -0.4 is 0 Å². The standard InChI is InChI=1S/C20H20O3S/c21-20(23-15-8-2-1-3-9-15)16-10-6-12-19-17(16)13-14-7-4-5-11-18(14)24(19)22/h4-7,10-12,15H,1-3,8-9,13H2. The first-order chi connectivity index (χ1) is 11.7. The molecule has 1 fully saturated rings. The van der Waals surface area contributed by atoms with Crippen LogP contribution in [0.2, 0.25) is 0 Å². The van der Waals surface area contributed by atoms with Crippen LogP contribution in [0, 0.1) is 0 Å². The lowest BCUT2D eigenvalue weighted by Crippen LogP contribution is -2.23. The van der Waals surface area contributed by atoms with Crippen molar-refractivity contribution in [3.63, 3.8) is 0 Å². The van der Waals surface area contributed by atoms with Crippen LogP contribution in [0.5, 0.6) is 0 Å². The van der Waals surface area contributed by atoms with Crippen LogP contribution in [0.3, 0.4) is 0 Å². The normalized spacial score (nSPS) is 20.1. The Morgan fingerprint density at radius 1 is 1.00 bits per heavy atom. The first-order valence-corrected chi connectivity index (χ1v) is 9.71. The second-order valence-corrected chi connectivity index (χ2v) is 7.92. The predicted molar refractivity (Wildman–Crippen MR) is 92.7 cm³/mol. The van der Waals surface area contributed by atoms with Crippen molar-refractivity contribution in [1.29, 1.82) is 0 Å². The Kier molecular flexibility index (Phi) is 4.33. The fraction of sp³-hybridized carbons (Fsp3) is 0.350. The van der Waals surface area contributed by atoms with Crippen molar-refractivity contribution < 1.29 is 14.1 Å². The molecule has 1 unspecified atom stereocenters. The maximum atomic E-state index is 12.8. The Labute approximate surface area is 145 Å². The SMILES string of the molecule is O=C(OC1CCCCC1)c1cccc2c1Cc1ccccc1[S+]2[O-]. The van der Waals surface area contributed by atoms with E-state index >= 15 is 0 Å². The van der Waals surface area contributed by atoms with E-state index < -0.39 is 11.2 Å². The molecular formula is C20H20O3S. The third kappa shape index (κ3) is 2.85. The minimum absolute atomic E-state index is 0.0310. The number of hydrogen-bond donors (Lipinski definition) is 0. The molecule has 0 bridgehead atoms. The molecular weight excluding hydrogens is 320 g/mol. The Bertz CT molecular complexity index is 765. The largest absolute Gasteiger partial charge is 0.606 e. The van der Waals surface area contributed by atoms with Gasteiger partial charge in [0.15, 0.2) is 9.79 Å². The Hall–Kier alpha value is -1.78. The van der Waals surface area contributed by atoms with Gasteiger partial charge in [-0.3, -0.25) is 0 Å².